The van der Waals surface area contributed by atoms with E-state index in [0.29, 0.717) is 34.2 Å². The predicted octanol–water partition coefficient (Wildman–Crippen LogP) is 5.85. The van der Waals surface area contributed by atoms with Gasteiger partial charge < -0.3 is 9.47 Å². The highest BCUT2D eigenvalue weighted by Crippen LogP contribution is 2.28. The molecule has 0 saturated carbocycles. The second kappa shape index (κ2) is 11.3. The summed E-state index contributed by atoms with van der Waals surface area (Å²) in [7, 11) is 0. The fourth-order valence-electron chi connectivity index (χ4n) is 3.89. The lowest BCUT2D eigenvalue weighted by Gasteiger charge is -2.29. The summed E-state index contributed by atoms with van der Waals surface area (Å²) >= 11 is 5.29. The van der Waals surface area contributed by atoms with Crippen LogP contribution in [0.1, 0.15) is 16.7 Å². The monoisotopic (exact) mass is 542 g/mol. The fraction of sp³-hybridized carbons (Fsp3) is 0. The molecule has 40 heavy (non-hydrogen) atoms. The average Bonchev–Trinajstić information content (AvgIpc) is 2.97. The molecule has 0 radical (unpaired) electrons. The zero-order chi connectivity index (χ0) is 28.1. The van der Waals surface area contributed by atoms with Crippen LogP contribution in [0.5, 0.6) is 23.0 Å². The van der Waals surface area contributed by atoms with E-state index in [9.17, 15) is 14.9 Å². The highest BCUT2D eigenvalue weighted by atomic mass is 32.1. The Morgan fingerprint density at radius 1 is 0.725 bits per heavy atom. The van der Waals surface area contributed by atoms with Gasteiger partial charge in [0.1, 0.15) is 40.7 Å². The van der Waals surface area contributed by atoms with Gasteiger partial charge in [-0.15, -0.1) is 0 Å². The number of ether oxygens (including phenoxy) is 2. The van der Waals surface area contributed by atoms with E-state index in [1.54, 1.807) is 54.6 Å². The van der Waals surface area contributed by atoms with Crippen LogP contribution in [-0.4, -0.2) is 16.9 Å². The van der Waals surface area contributed by atoms with Crippen LogP contribution in [0.2, 0.25) is 0 Å². The molecule has 0 spiro atoms. The van der Waals surface area contributed by atoms with Crippen LogP contribution in [-0.2, 0) is 9.59 Å². The third kappa shape index (κ3) is 5.55. The van der Waals surface area contributed by atoms with E-state index in [2.05, 4.69) is 5.32 Å². The molecule has 4 aromatic rings. The summed E-state index contributed by atoms with van der Waals surface area (Å²) in [6.07, 6.45) is 1.47. The van der Waals surface area contributed by atoms with Gasteiger partial charge in [0.15, 0.2) is 5.11 Å². The minimum Gasteiger partial charge on any atom is -0.457 e. The molecule has 0 atom stereocenters. The summed E-state index contributed by atoms with van der Waals surface area (Å²) in [5, 5.41) is 20.8. The van der Waals surface area contributed by atoms with Gasteiger partial charge in [-0.3, -0.25) is 19.8 Å². The molecule has 1 N–H and O–H groups in total. The first-order chi connectivity index (χ1) is 19.4. The number of amides is 2. The number of carbonyl (C=O) groups is 2. The highest BCUT2D eigenvalue weighted by Gasteiger charge is 2.34. The first-order valence-electron chi connectivity index (χ1n) is 11.9. The number of benzene rings is 4. The Morgan fingerprint density at radius 2 is 1.30 bits per heavy atom. The largest absolute Gasteiger partial charge is 0.457 e. The van der Waals surface area contributed by atoms with E-state index in [4.69, 9.17) is 27.0 Å². The Hall–Kier alpha value is -5.77. The van der Waals surface area contributed by atoms with Crippen LogP contribution in [0, 0.1) is 22.7 Å². The highest BCUT2D eigenvalue weighted by molar-refractivity contribution is 7.80. The Kier molecular flexibility index (Phi) is 7.32. The standard InChI is InChI=1S/C31H18N4O4S/c32-18-21-8-13-27(17-22(21)19-33)39-25-11-6-20(7-12-25)16-28-29(36)34-31(40)35(30(28)37)23-9-14-26(15-10-23)38-24-4-2-1-3-5-24/h1-17H,(H,34,36,40)/b28-16-. The minimum atomic E-state index is -0.600. The van der Waals surface area contributed by atoms with E-state index < -0.39 is 11.8 Å². The lowest BCUT2D eigenvalue weighted by molar-refractivity contribution is -0.122. The Labute approximate surface area is 234 Å². The van der Waals surface area contributed by atoms with Crippen molar-refractivity contribution in [1.29, 1.82) is 10.5 Å². The summed E-state index contributed by atoms with van der Waals surface area (Å²) in [6.45, 7) is 0. The molecular weight excluding hydrogens is 524 g/mol. The molecule has 5 rings (SSSR count). The van der Waals surface area contributed by atoms with Crippen molar-refractivity contribution in [2.75, 3.05) is 4.90 Å². The summed E-state index contributed by atoms with van der Waals surface area (Å²) in [5.41, 5.74) is 1.45. The molecule has 8 nitrogen and oxygen atoms in total. The molecule has 4 aromatic carbocycles. The number of para-hydroxylation sites is 1. The van der Waals surface area contributed by atoms with Gasteiger partial charge in [0.05, 0.1) is 16.8 Å². The summed E-state index contributed by atoms with van der Waals surface area (Å²) in [6, 6.07) is 31.3. The van der Waals surface area contributed by atoms with Gasteiger partial charge in [0, 0.05) is 0 Å². The SMILES string of the molecule is N#Cc1ccc(Oc2ccc(/C=C3/C(=O)NC(=S)N(c4ccc(Oc5ccccc5)cc4)C3=O)cc2)cc1C#N. The summed E-state index contributed by atoms with van der Waals surface area (Å²) in [5.74, 6) is 0.961. The molecule has 1 aliphatic heterocycles. The van der Waals surface area contributed by atoms with Gasteiger partial charge >= 0.3 is 0 Å². The number of anilines is 1. The molecule has 9 heteroatoms. The van der Waals surface area contributed by atoms with Crippen LogP contribution in [0.25, 0.3) is 6.08 Å². The zero-order valence-corrected chi connectivity index (χ0v) is 21.5. The molecule has 192 valence electrons. The Morgan fingerprint density at radius 3 is 1.95 bits per heavy atom. The van der Waals surface area contributed by atoms with Gasteiger partial charge in [0.2, 0.25) is 0 Å². The molecule has 0 bridgehead atoms. The smallest absolute Gasteiger partial charge is 0.270 e. The first-order valence-corrected chi connectivity index (χ1v) is 12.3. The van der Waals surface area contributed by atoms with Gasteiger partial charge in [-0.05, 0) is 90.6 Å². The van der Waals surface area contributed by atoms with E-state index in [1.165, 1.54) is 23.1 Å². The van der Waals surface area contributed by atoms with Crippen LogP contribution in [0.4, 0.5) is 5.69 Å². The average molecular weight is 543 g/mol. The summed E-state index contributed by atoms with van der Waals surface area (Å²) in [4.78, 5) is 27.3. The topological polar surface area (TPSA) is 115 Å². The Bertz CT molecular complexity index is 1740. The second-order valence-electron chi connectivity index (χ2n) is 8.47. The molecule has 1 aliphatic rings. The quantitative estimate of drug-likeness (QED) is 0.185. The maximum atomic E-state index is 13.4. The third-order valence-electron chi connectivity index (χ3n) is 5.83. The maximum Gasteiger partial charge on any atom is 0.270 e. The van der Waals surface area contributed by atoms with Crippen molar-refractivity contribution < 1.29 is 19.1 Å². The van der Waals surface area contributed by atoms with Gasteiger partial charge in [-0.25, -0.2) is 0 Å². The lowest BCUT2D eigenvalue weighted by Crippen LogP contribution is -2.54. The molecule has 0 aliphatic carbocycles. The number of nitrogens with one attached hydrogen (secondary N) is 1. The van der Waals surface area contributed by atoms with Crippen LogP contribution >= 0.6 is 12.2 Å². The predicted molar refractivity (Wildman–Crippen MR) is 152 cm³/mol. The van der Waals surface area contributed by atoms with Gasteiger partial charge in [0.25, 0.3) is 11.8 Å². The van der Waals surface area contributed by atoms with Crippen molar-refractivity contribution in [2.45, 2.75) is 0 Å². The van der Waals surface area contributed by atoms with Crippen LogP contribution < -0.4 is 19.7 Å². The molecule has 1 heterocycles. The van der Waals surface area contributed by atoms with Crippen LogP contribution in [0.3, 0.4) is 0 Å². The van der Waals surface area contributed by atoms with E-state index in [-0.39, 0.29) is 21.8 Å². The summed E-state index contributed by atoms with van der Waals surface area (Å²) < 4.78 is 11.6. The molecule has 0 unspecified atom stereocenters. The molecule has 2 amide bonds. The van der Waals surface area contributed by atoms with Gasteiger partial charge in [-0.1, -0.05) is 30.3 Å². The molecule has 1 fully saturated rings. The number of nitriles is 2. The molecule has 0 aromatic heterocycles. The van der Waals surface area contributed by atoms with E-state index in [0.717, 1.165) is 0 Å². The van der Waals surface area contributed by atoms with Crippen molar-refractivity contribution in [3.05, 3.63) is 119 Å². The third-order valence-corrected chi connectivity index (χ3v) is 6.12. The normalized spacial score (nSPS) is 13.8. The van der Waals surface area contributed by atoms with Crippen molar-refractivity contribution >= 4 is 40.9 Å². The van der Waals surface area contributed by atoms with Crippen molar-refractivity contribution in [1.82, 2.24) is 5.32 Å². The zero-order valence-electron chi connectivity index (χ0n) is 20.7. The Balaban J connectivity index is 1.33. The number of hydrogen-bond acceptors (Lipinski definition) is 7. The van der Waals surface area contributed by atoms with Crippen LogP contribution in [0.15, 0.2) is 103 Å². The lowest BCUT2D eigenvalue weighted by atomic mass is 10.1. The minimum absolute atomic E-state index is 0.0215. The first kappa shape index (κ1) is 25.9. The van der Waals surface area contributed by atoms with Crippen molar-refractivity contribution in [2.24, 2.45) is 0 Å². The van der Waals surface area contributed by atoms with Gasteiger partial charge in [-0.2, -0.15) is 10.5 Å². The number of hydrogen-bond donors (Lipinski definition) is 1. The maximum absolute atomic E-state index is 13.4. The fourth-order valence-corrected chi connectivity index (χ4v) is 4.17. The number of carbonyl (C=O) groups excluding carboxylic acids is 2. The van der Waals surface area contributed by atoms with E-state index >= 15 is 0 Å². The molecule has 1 saturated heterocycles. The van der Waals surface area contributed by atoms with Crippen molar-refractivity contribution in [3.63, 3.8) is 0 Å². The second-order valence-corrected chi connectivity index (χ2v) is 8.86. The van der Waals surface area contributed by atoms with Crippen molar-refractivity contribution in [3.8, 4) is 35.1 Å². The number of nitrogens with zero attached hydrogens (tertiary/aromatic N) is 3. The number of rotatable bonds is 6. The van der Waals surface area contributed by atoms with E-state index in [1.807, 2.05) is 42.5 Å². The number of thiocarbonyl (C=S) groups is 1. The molecular formula is C31H18N4O4S.